The van der Waals surface area contributed by atoms with E-state index in [0.717, 1.165) is 17.9 Å². The van der Waals surface area contributed by atoms with E-state index >= 15 is 0 Å². The summed E-state index contributed by atoms with van der Waals surface area (Å²) in [5.41, 5.74) is 0. The molecule has 1 fully saturated rings. The normalized spacial score (nSPS) is 34.8. The van der Waals surface area contributed by atoms with Gasteiger partial charge in [0.2, 0.25) is 0 Å². The molecule has 1 aliphatic rings. The minimum atomic E-state index is 0.805. The molecule has 1 saturated carbocycles. The summed E-state index contributed by atoms with van der Waals surface area (Å²) in [4.78, 5) is 0. The monoisotopic (exact) mass is 183 g/mol. The molecule has 0 saturated heterocycles. The van der Waals surface area contributed by atoms with Gasteiger partial charge in [0, 0.05) is 6.04 Å². The van der Waals surface area contributed by atoms with E-state index in [2.05, 4.69) is 26.2 Å². The van der Waals surface area contributed by atoms with E-state index in [-0.39, 0.29) is 0 Å². The van der Waals surface area contributed by atoms with Crippen molar-refractivity contribution >= 4 is 0 Å². The molecule has 0 aromatic carbocycles. The molecule has 1 heteroatoms. The molecule has 0 aromatic rings. The van der Waals surface area contributed by atoms with Gasteiger partial charge in [0.15, 0.2) is 0 Å². The van der Waals surface area contributed by atoms with Crippen molar-refractivity contribution in [3.8, 4) is 0 Å². The molecule has 0 bridgehead atoms. The molecule has 0 radical (unpaired) electrons. The summed E-state index contributed by atoms with van der Waals surface area (Å²) in [6, 6.07) is 0.805. The predicted octanol–water partition coefficient (Wildman–Crippen LogP) is 3.20. The lowest BCUT2D eigenvalue weighted by Crippen LogP contribution is -2.35. The Hall–Kier alpha value is -0.0400. The number of rotatable bonds is 4. The number of hydrogen-bond acceptors (Lipinski definition) is 1. The van der Waals surface area contributed by atoms with Crippen LogP contribution < -0.4 is 5.32 Å². The summed E-state index contributed by atoms with van der Waals surface area (Å²) in [5, 5.41) is 3.44. The molecule has 3 unspecified atom stereocenters. The van der Waals surface area contributed by atoms with Crippen molar-refractivity contribution in [3.05, 3.63) is 0 Å². The summed E-state index contributed by atoms with van der Waals surface area (Å²) in [6.45, 7) is 4.67. The van der Waals surface area contributed by atoms with Gasteiger partial charge in [0.1, 0.15) is 0 Å². The van der Waals surface area contributed by atoms with Crippen LogP contribution in [-0.2, 0) is 0 Å². The second-order valence-electron chi connectivity index (χ2n) is 4.52. The summed E-state index contributed by atoms with van der Waals surface area (Å²) in [5.74, 6) is 2.02. The quantitative estimate of drug-likeness (QED) is 0.706. The Bertz CT molecular complexity index is 133. The minimum Gasteiger partial charge on any atom is -0.317 e. The Labute approximate surface area is 83.3 Å². The van der Waals surface area contributed by atoms with Crippen LogP contribution in [0.4, 0.5) is 0 Å². The molecular weight excluding hydrogens is 158 g/mol. The molecule has 0 aliphatic heterocycles. The summed E-state index contributed by atoms with van der Waals surface area (Å²) in [7, 11) is 2.11. The number of hydrogen-bond donors (Lipinski definition) is 1. The molecule has 1 nitrogen and oxygen atoms in total. The maximum Gasteiger partial charge on any atom is 0.00669 e. The van der Waals surface area contributed by atoms with Gasteiger partial charge in [0.25, 0.3) is 0 Å². The Balaban J connectivity index is 2.42. The highest BCUT2D eigenvalue weighted by Gasteiger charge is 2.27. The fourth-order valence-corrected chi connectivity index (χ4v) is 2.85. The zero-order valence-electron chi connectivity index (χ0n) is 9.47. The molecule has 0 amide bonds. The van der Waals surface area contributed by atoms with Gasteiger partial charge in [-0.25, -0.2) is 0 Å². The second kappa shape index (κ2) is 5.64. The highest BCUT2D eigenvalue weighted by molar-refractivity contribution is 4.82. The molecule has 1 N–H and O–H groups in total. The first kappa shape index (κ1) is 11.0. The first-order valence-electron chi connectivity index (χ1n) is 5.99. The molecular formula is C12H25N. The van der Waals surface area contributed by atoms with Gasteiger partial charge in [-0.3, -0.25) is 0 Å². The van der Waals surface area contributed by atoms with Crippen LogP contribution in [0.2, 0.25) is 0 Å². The van der Waals surface area contributed by atoms with Crippen LogP contribution in [0, 0.1) is 11.8 Å². The van der Waals surface area contributed by atoms with E-state index in [1.807, 2.05) is 0 Å². The van der Waals surface area contributed by atoms with E-state index in [9.17, 15) is 0 Å². The molecule has 3 atom stereocenters. The van der Waals surface area contributed by atoms with Crippen LogP contribution in [0.1, 0.15) is 52.4 Å². The molecule has 0 heterocycles. The smallest absolute Gasteiger partial charge is 0.00669 e. The maximum atomic E-state index is 3.44. The van der Waals surface area contributed by atoms with Crippen LogP contribution in [0.5, 0.6) is 0 Å². The molecule has 1 rings (SSSR count). The summed E-state index contributed by atoms with van der Waals surface area (Å²) >= 11 is 0. The van der Waals surface area contributed by atoms with Gasteiger partial charge in [0.05, 0.1) is 0 Å². The summed E-state index contributed by atoms with van der Waals surface area (Å²) < 4.78 is 0. The third-order valence-electron chi connectivity index (χ3n) is 3.73. The maximum absolute atomic E-state index is 3.44. The summed E-state index contributed by atoms with van der Waals surface area (Å²) in [6.07, 6.45) is 8.46. The third-order valence-corrected chi connectivity index (χ3v) is 3.73. The van der Waals surface area contributed by atoms with E-state index in [0.29, 0.717) is 0 Å². The molecule has 78 valence electrons. The van der Waals surface area contributed by atoms with Crippen molar-refractivity contribution in [3.63, 3.8) is 0 Å². The number of nitrogens with one attached hydrogen (secondary N) is 1. The topological polar surface area (TPSA) is 12.0 Å². The van der Waals surface area contributed by atoms with Crippen LogP contribution in [0.3, 0.4) is 0 Å². The van der Waals surface area contributed by atoms with E-state index in [4.69, 9.17) is 0 Å². The Kier molecular flexibility index (Phi) is 4.79. The zero-order chi connectivity index (χ0) is 9.68. The third kappa shape index (κ3) is 2.98. The van der Waals surface area contributed by atoms with Gasteiger partial charge in [-0.2, -0.15) is 0 Å². The lowest BCUT2D eigenvalue weighted by Gasteiger charge is -2.35. The predicted molar refractivity (Wildman–Crippen MR) is 58.9 cm³/mol. The fraction of sp³-hybridized carbons (Fsp3) is 1.00. The molecule has 0 aromatic heterocycles. The highest BCUT2D eigenvalue weighted by atomic mass is 14.9. The van der Waals surface area contributed by atoms with Gasteiger partial charge in [-0.05, 0) is 38.1 Å². The van der Waals surface area contributed by atoms with Crippen molar-refractivity contribution in [2.75, 3.05) is 7.05 Å². The van der Waals surface area contributed by atoms with Crippen LogP contribution in [-0.4, -0.2) is 13.1 Å². The van der Waals surface area contributed by atoms with Crippen LogP contribution in [0.25, 0.3) is 0 Å². The van der Waals surface area contributed by atoms with Crippen molar-refractivity contribution in [2.24, 2.45) is 11.8 Å². The lowest BCUT2D eigenvalue weighted by molar-refractivity contribution is 0.184. The van der Waals surface area contributed by atoms with E-state index < -0.39 is 0 Å². The molecule has 0 spiro atoms. The standard InChI is InChI=1S/C12H25N/c1-4-6-11-9-12(13-3)8-7-10(11)5-2/h10-13H,4-9H2,1-3H3. The fourth-order valence-electron chi connectivity index (χ4n) is 2.85. The molecule has 1 aliphatic carbocycles. The average molecular weight is 183 g/mol. The second-order valence-corrected chi connectivity index (χ2v) is 4.52. The largest absolute Gasteiger partial charge is 0.317 e. The Morgan fingerprint density at radius 3 is 2.46 bits per heavy atom. The highest BCUT2D eigenvalue weighted by Crippen LogP contribution is 2.35. The SMILES string of the molecule is CCCC1CC(NC)CCC1CC. The zero-order valence-corrected chi connectivity index (χ0v) is 9.47. The van der Waals surface area contributed by atoms with Gasteiger partial charge in [-0.15, -0.1) is 0 Å². The minimum absolute atomic E-state index is 0.805. The molecule has 13 heavy (non-hydrogen) atoms. The van der Waals surface area contributed by atoms with Crippen LogP contribution in [0.15, 0.2) is 0 Å². The Morgan fingerprint density at radius 1 is 1.15 bits per heavy atom. The van der Waals surface area contributed by atoms with Crippen molar-refractivity contribution in [1.29, 1.82) is 0 Å². The van der Waals surface area contributed by atoms with E-state index in [1.54, 1.807) is 0 Å². The Morgan fingerprint density at radius 2 is 1.92 bits per heavy atom. The average Bonchev–Trinajstić information content (AvgIpc) is 2.18. The lowest BCUT2D eigenvalue weighted by atomic mass is 9.74. The van der Waals surface area contributed by atoms with E-state index in [1.165, 1.54) is 38.5 Å². The first-order valence-corrected chi connectivity index (χ1v) is 5.99. The van der Waals surface area contributed by atoms with Crippen molar-refractivity contribution < 1.29 is 0 Å². The van der Waals surface area contributed by atoms with Gasteiger partial charge < -0.3 is 5.32 Å². The first-order chi connectivity index (χ1) is 6.31. The van der Waals surface area contributed by atoms with Crippen molar-refractivity contribution in [2.45, 2.75) is 58.4 Å². The van der Waals surface area contributed by atoms with Crippen LogP contribution >= 0.6 is 0 Å². The van der Waals surface area contributed by atoms with Gasteiger partial charge in [-0.1, -0.05) is 33.1 Å². The van der Waals surface area contributed by atoms with Gasteiger partial charge >= 0.3 is 0 Å². The van der Waals surface area contributed by atoms with Crippen molar-refractivity contribution in [1.82, 2.24) is 5.32 Å².